The molecule has 2 aromatic carbocycles. The number of benzene rings is 2. The van der Waals surface area contributed by atoms with E-state index in [1.807, 2.05) is 0 Å². The molecular weight excluding hydrogens is 343 g/mol. The summed E-state index contributed by atoms with van der Waals surface area (Å²) < 4.78 is 23.9. The maximum Gasteiger partial charge on any atom is 0.275 e. The molecule has 1 aromatic heterocycles. The minimum atomic E-state index is -0.412. The van der Waals surface area contributed by atoms with Crippen LogP contribution in [0.1, 0.15) is 15.5 Å². The second kappa shape index (κ2) is 7.76. The first-order valence-electron chi connectivity index (χ1n) is 7.42. The number of halogens is 1. The molecule has 5 nitrogen and oxygen atoms in total. The van der Waals surface area contributed by atoms with Crippen molar-refractivity contribution in [1.82, 2.24) is 4.98 Å². The van der Waals surface area contributed by atoms with Gasteiger partial charge in [-0.2, -0.15) is 0 Å². The van der Waals surface area contributed by atoms with E-state index < -0.39 is 11.7 Å². The predicted molar refractivity (Wildman–Crippen MR) is 93.8 cm³/mol. The molecule has 1 N–H and O–H groups in total. The Morgan fingerprint density at radius 1 is 1.20 bits per heavy atom. The Morgan fingerprint density at radius 2 is 1.96 bits per heavy atom. The Bertz CT molecular complexity index is 865. The molecule has 0 saturated heterocycles. The molecule has 0 spiro atoms. The fourth-order valence-corrected chi connectivity index (χ4v) is 2.75. The average molecular weight is 358 g/mol. The Labute approximate surface area is 148 Å². The monoisotopic (exact) mass is 358 g/mol. The van der Waals surface area contributed by atoms with Gasteiger partial charge in [0.05, 0.1) is 7.11 Å². The van der Waals surface area contributed by atoms with Gasteiger partial charge >= 0.3 is 0 Å². The number of aromatic nitrogens is 1. The summed E-state index contributed by atoms with van der Waals surface area (Å²) in [7, 11) is 1.60. The van der Waals surface area contributed by atoms with Crippen molar-refractivity contribution in [3.05, 3.63) is 70.4 Å². The second-order valence-corrected chi connectivity index (χ2v) is 6.00. The normalized spacial score (nSPS) is 10.3. The van der Waals surface area contributed by atoms with Crippen LogP contribution in [0.5, 0.6) is 11.5 Å². The first-order valence-corrected chi connectivity index (χ1v) is 8.30. The third-order valence-electron chi connectivity index (χ3n) is 3.29. The van der Waals surface area contributed by atoms with Gasteiger partial charge in [-0.1, -0.05) is 6.07 Å². The molecule has 0 aliphatic carbocycles. The van der Waals surface area contributed by atoms with Crippen molar-refractivity contribution in [2.75, 3.05) is 12.4 Å². The van der Waals surface area contributed by atoms with Gasteiger partial charge in [0.25, 0.3) is 5.91 Å². The van der Waals surface area contributed by atoms with Crippen molar-refractivity contribution >= 4 is 22.9 Å². The molecule has 0 saturated carbocycles. The first kappa shape index (κ1) is 16.9. The molecule has 7 heteroatoms. The van der Waals surface area contributed by atoms with Gasteiger partial charge in [-0.05, 0) is 42.5 Å². The van der Waals surface area contributed by atoms with Crippen LogP contribution in [0, 0.1) is 5.82 Å². The van der Waals surface area contributed by atoms with E-state index in [0.29, 0.717) is 16.4 Å². The second-order valence-electron chi connectivity index (χ2n) is 5.06. The Balaban J connectivity index is 1.58. The first-order chi connectivity index (χ1) is 12.1. The lowest BCUT2D eigenvalue weighted by Gasteiger charge is -2.05. The molecule has 1 heterocycles. The maximum absolute atomic E-state index is 13.1. The van der Waals surface area contributed by atoms with Crippen LogP contribution in [-0.2, 0) is 6.61 Å². The molecule has 0 bridgehead atoms. The van der Waals surface area contributed by atoms with E-state index in [4.69, 9.17) is 9.47 Å². The van der Waals surface area contributed by atoms with Crippen LogP contribution in [0.15, 0.2) is 53.9 Å². The van der Waals surface area contributed by atoms with Gasteiger partial charge in [0, 0.05) is 11.1 Å². The summed E-state index contributed by atoms with van der Waals surface area (Å²) in [5.74, 6) is 0.627. The number of ether oxygens (including phenoxy) is 2. The van der Waals surface area contributed by atoms with Crippen LogP contribution < -0.4 is 14.8 Å². The number of nitrogens with zero attached hydrogens (tertiary/aromatic N) is 1. The minimum Gasteiger partial charge on any atom is -0.497 e. The zero-order valence-electron chi connectivity index (χ0n) is 13.4. The van der Waals surface area contributed by atoms with Crippen LogP contribution >= 0.6 is 11.3 Å². The fraction of sp³-hybridized carbons (Fsp3) is 0.111. The molecule has 0 aliphatic rings. The Morgan fingerprint density at radius 3 is 2.68 bits per heavy atom. The quantitative estimate of drug-likeness (QED) is 0.720. The van der Waals surface area contributed by atoms with Gasteiger partial charge in [-0.15, -0.1) is 11.3 Å². The number of hydrogen-bond acceptors (Lipinski definition) is 5. The number of thiazole rings is 1. The molecule has 0 unspecified atom stereocenters. The van der Waals surface area contributed by atoms with Crippen LogP contribution in [0.2, 0.25) is 0 Å². The molecule has 0 aliphatic heterocycles. The highest BCUT2D eigenvalue weighted by molar-refractivity contribution is 7.09. The van der Waals surface area contributed by atoms with Gasteiger partial charge < -0.3 is 14.8 Å². The van der Waals surface area contributed by atoms with Crippen LogP contribution in [-0.4, -0.2) is 18.0 Å². The van der Waals surface area contributed by atoms with E-state index in [0.717, 1.165) is 5.75 Å². The van der Waals surface area contributed by atoms with E-state index >= 15 is 0 Å². The van der Waals surface area contributed by atoms with Crippen molar-refractivity contribution in [2.45, 2.75) is 6.61 Å². The predicted octanol–water partition coefficient (Wildman–Crippen LogP) is 4.12. The highest BCUT2D eigenvalue weighted by Gasteiger charge is 2.12. The zero-order valence-corrected chi connectivity index (χ0v) is 14.2. The maximum atomic E-state index is 13.1. The van der Waals surface area contributed by atoms with Gasteiger partial charge in [0.1, 0.15) is 34.6 Å². The SMILES string of the molecule is COc1ccc(OCc2nc(C(=O)Nc3cccc(F)c3)cs2)cc1. The lowest BCUT2D eigenvalue weighted by molar-refractivity contribution is 0.102. The highest BCUT2D eigenvalue weighted by atomic mass is 32.1. The number of hydrogen-bond donors (Lipinski definition) is 1. The summed E-state index contributed by atoms with van der Waals surface area (Å²) in [6.45, 7) is 0.254. The summed E-state index contributed by atoms with van der Waals surface area (Å²) in [4.78, 5) is 16.4. The van der Waals surface area contributed by atoms with E-state index in [1.54, 1.807) is 42.8 Å². The zero-order chi connectivity index (χ0) is 17.6. The third-order valence-corrected chi connectivity index (χ3v) is 4.11. The number of rotatable bonds is 6. The molecule has 25 heavy (non-hydrogen) atoms. The van der Waals surface area contributed by atoms with Gasteiger partial charge in [-0.25, -0.2) is 9.37 Å². The molecule has 0 fully saturated rings. The van der Waals surface area contributed by atoms with E-state index in [9.17, 15) is 9.18 Å². The van der Waals surface area contributed by atoms with Crippen molar-refractivity contribution in [3.63, 3.8) is 0 Å². The number of amides is 1. The minimum absolute atomic E-state index is 0.254. The number of nitrogens with one attached hydrogen (secondary N) is 1. The van der Waals surface area contributed by atoms with E-state index in [-0.39, 0.29) is 12.3 Å². The topological polar surface area (TPSA) is 60.5 Å². The lowest BCUT2D eigenvalue weighted by atomic mass is 10.3. The molecule has 3 rings (SSSR count). The number of carbonyl (C=O) groups excluding carboxylic acids is 1. The van der Waals surface area contributed by atoms with E-state index in [1.165, 1.54) is 29.5 Å². The summed E-state index contributed by atoms with van der Waals surface area (Å²) in [6.07, 6.45) is 0. The highest BCUT2D eigenvalue weighted by Crippen LogP contribution is 2.19. The molecule has 1 amide bonds. The number of carbonyl (C=O) groups is 1. The summed E-state index contributed by atoms with van der Waals surface area (Å²) >= 11 is 1.32. The smallest absolute Gasteiger partial charge is 0.275 e. The standard InChI is InChI=1S/C18H15FN2O3S/c1-23-14-5-7-15(8-6-14)24-10-17-21-16(11-25-17)18(22)20-13-4-2-3-12(19)9-13/h2-9,11H,10H2,1H3,(H,20,22). The summed E-state index contributed by atoms with van der Waals surface area (Å²) in [5, 5.41) is 4.92. The molecule has 0 radical (unpaired) electrons. The number of methoxy groups -OCH3 is 1. The lowest BCUT2D eigenvalue weighted by Crippen LogP contribution is -2.12. The Hall–Kier alpha value is -2.93. The third kappa shape index (κ3) is 4.54. The molecule has 3 aromatic rings. The van der Waals surface area contributed by atoms with Gasteiger partial charge in [0.2, 0.25) is 0 Å². The largest absolute Gasteiger partial charge is 0.497 e. The van der Waals surface area contributed by atoms with Crippen LogP contribution in [0.3, 0.4) is 0 Å². The summed E-state index contributed by atoms with van der Waals surface area (Å²) in [6, 6.07) is 12.9. The van der Waals surface area contributed by atoms with Crippen molar-refractivity contribution in [3.8, 4) is 11.5 Å². The average Bonchev–Trinajstić information content (AvgIpc) is 3.09. The number of anilines is 1. The molecule has 128 valence electrons. The van der Waals surface area contributed by atoms with Gasteiger partial charge in [-0.3, -0.25) is 4.79 Å². The molecule has 0 atom stereocenters. The van der Waals surface area contributed by atoms with Crippen molar-refractivity contribution in [2.24, 2.45) is 0 Å². The van der Waals surface area contributed by atoms with Crippen molar-refractivity contribution in [1.29, 1.82) is 0 Å². The van der Waals surface area contributed by atoms with Crippen molar-refractivity contribution < 1.29 is 18.7 Å². The molecular formula is C18H15FN2O3S. The fourth-order valence-electron chi connectivity index (χ4n) is 2.06. The van der Waals surface area contributed by atoms with E-state index in [2.05, 4.69) is 10.3 Å². The Kier molecular flexibility index (Phi) is 5.25. The van der Waals surface area contributed by atoms with Crippen LogP contribution in [0.4, 0.5) is 10.1 Å². The van der Waals surface area contributed by atoms with Crippen LogP contribution in [0.25, 0.3) is 0 Å². The summed E-state index contributed by atoms with van der Waals surface area (Å²) in [5.41, 5.74) is 0.650. The van der Waals surface area contributed by atoms with Gasteiger partial charge in [0.15, 0.2) is 0 Å².